The first-order chi connectivity index (χ1) is 8.88. The molecule has 0 saturated carbocycles. The number of aromatic nitrogens is 1. The molecule has 0 spiro atoms. The number of ether oxygens (including phenoxy) is 1. The third-order valence-corrected chi connectivity index (χ3v) is 3.02. The lowest BCUT2D eigenvalue weighted by Gasteiger charge is -2.09. The normalized spacial score (nSPS) is 14.2. The lowest BCUT2D eigenvalue weighted by molar-refractivity contribution is 0.299. The van der Waals surface area contributed by atoms with Gasteiger partial charge in [-0.1, -0.05) is 23.8 Å². The van der Waals surface area contributed by atoms with Crippen LogP contribution in [0.5, 0.6) is 5.88 Å². The zero-order valence-electron chi connectivity index (χ0n) is 10.9. The summed E-state index contributed by atoms with van der Waals surface area (Å²) in [5.74, 6) is 0.700. The molecule has 0 bridgehead atoms. The number of rotatable bonds is 6. The van der Waals surface area contributed by atoms with Crippen molar-refractivity contribution >= 4 is 5.69 Å². The second kappa shape index (κ2) is 6.84. The summed E-state index contributed by atoms with van der Waals surface area (Å²) in [5, 5.41) is 3.03. The van der Waals surface area contributed by atoms with E-state index >= 15 is 0 Å². The minimum Gasteiger partial charge on any atom is -0.478 e. The Bertz CT molecular complexity index is 421. The number of pyridine rings is 1. The van der Waals surface area contributed by atoms with E-state index in [9.17, 15) is 0 Å². The van der Waals surface area contributed by atoms with Crippen LogP contribution in [0.1, 0.15) is 25.7 Å². The first-order valence-electron chi connectivity index (χ1n) is 6.49. The van der Waals surface area contributed by atoms with Gasteiger partial charge in [0, 0.05) is 13.1 Å². The van der Waals surface area contributed by atoms with Gasteiger partial charge in [-0.2, -0.15) is 0 Å². The fourth-order valence-corrected chi connectivity index (χ4v) is 1.95. The van der Waals surface area contributed by atoms with Crippen LogP contribution in [0.15, 0.2) is 42.1 Å². The molecule has 1 aliphatic rings. The second-order valence-electron chi connectivity index (χ2n) is 4.38. The molecule has 0 fully saturated rings. The number of anilines is 1. The Morgan fingerprint density at radius 2 is 2.33 bits per heavy atom. The van der Waals surface area contributed by atoms with Crippen LogP contribution in [0.3, 0.4) is 0 Å². The largest absolute Gasteiger partial charge is 0.478 e. The summed E-state index contributed by atoms with van der Waals surface area (Å²) in [5.41, 5.74) is 2.53. The molecule has 1 aromatic rings. The average molecular weight is 244 g/mol. The maximum absolute atomic E-state index is 5.61. The highest BCUT2D eigenvalue weighted by Crippen LogP contribution is 2.17. The van der Waals surface area contributed by atoms with E-state index in [1.54, 1.807) is 6.20 Å². The monoisotopic (exact) mass is 244 g/mol. The number of allylic oxidation sites excluding steroid dienone is 4. The van der Waals surface area contributed by atoms with Crippen molar-refractivity contribution in [3.8, 4) is 5.88 Å². The van der Waals surface area contributed by atoms with Crippen LogP contribution in [-0.4, -0.2) is 18.6 Å². The summed E-state index contributed by atoms with van der Waals surface area (Å²) in [6, 6.07) is 3.87. The van der Waals surface area contributed by atoms with Gasteiger partial charge in [0.2, 0.25) is 5.88 Å². The molecule has 1 aliphatic carbocycles. The smallest absolute Gasteiger partial charge is 0.213 e. The van der Waals surface area contributed by atoms with Crippen LogP contribution >= 0.6 is 0 Å². The van der Waals surface area contributed by atoms with Gasteiger partial charge in [-0.25, -0.2) is 4.98 Å². The van der Waals surface area contributed by atoms with Gasteiger partial charge in [-0.05, 0) is 31.7 Å². The predicted molar refractivity (Wildman–Crippen MR) is 75.0 cm³/mol. The summed E-state index contributed by atoms with van der Waals surface area (Å²) in [7, 11) is 1.88. The van der Waals surface area contributed by atoms with Gasteiger partial charge in [0.05, 0.1) is 18.5 Å². The van der Waals surface area contributed by atoms with Crippen molar-refractivity contribution in [2.45, 2.75) is 25.7 Å². The van der Waals surface area contributed by atoms with Crippen LogP contribution in [0.25, 0.3) is 0 Å². The van der Waals surface area contributed by atoms with Gasteiger partial charge in [0.25, 0.3) is 0 Å². The van der Waals surface area contributed by atoms with Crippen molar-refractivity contribution < 1.29 is 4.74 Å². The molecule has 0 saturated heterocycles. The first-order valence-corrected chi connectivity index (χ1v) is 6.49. The highest BCUT2D eigenvalue weighted by atomic mass is 16.5. The highest BCUT2D eigenvalue weighted by Gasteiger charge is 2.00. The van der Waals surface area contributed by atoms with Gasteiger partial charge in [0.1, 0.15) is 0 Å². The Balaban J connectivity index is 1.68. The summed E-state index contributed by atoms with van der Waals surface area (Å²) in [6.45, 7) is 0.729. The molecule has 0 aliphatic heterocycles. The molecule has 1 aromatic heterocycles. The SMILES string of the molecule is CNc1ccc(OCCCC2=CC=CCC2)nc1. The molecule has 1 heterocycles. The number of nitrogens with one attached hydrogen (secondary N) is 1. The van der Waals surface area contributed by atoms with Gasteiger partial charge >= 0.3 is 0 Å². The minimum absolute atomic E-state index is 0.700. The molecule has 18 heavy (non-hydrogen) atoms. The van der Waals surface area contributed by atoms with E-state index < -0.39 is 0 Å². The van der Waals surface area contributed by atoms with Crippen molar-refractivity contribution in [2.75, 3.05) is 19.0 Å². The fourth-order valence-electron chi connectivity index (χ4n) is 1.95. The van der Waals surface area contributed by atoms with E-state index in [2.05, 4.69) is 28.5 Å². The number of hydrogen-bond donors (Lipinski definition) is 1. The summed E-state index contributed by atoms with van der Waals surface area (Å²) >= 11 is 0. The second-order valence-corrected chi connectivity index (χ2v) is 4.38. The van der Waals surface area contributed by atoms with Gasteiger partial charge in [-0.15, -0.1) is 0 Å². The van der Waals surface area contributed by atoms with Crippen LogP contribution in [0, 0.1) is 0 Å². The molecule has 96 valence electrons. The van der Waals surface area contributed by atoms with Crippen molar-refractivity contribution in [2.24, 2.45) is 0 Å². The zero-order valence-corrected chi connectivity index (χ0v) is 10.9. The molecule has 3 heteroatoms. The first kappa shape index (κ1) is 12.7. The Morgan fingerprint density at radius 3 is 3.00 bits per heavy atom. The Labute approximate surface area is 109 Å². The molecular weight excluding hydrogens is 224 g/mol. The van der Waals surface area contributed by atoms with Crippen LogP contribution in [0.4, 0.5) is 5.69 Å². The molecule has 2 rings (SSSR count). The zero-order chi connectivity index (χ0) is 12.6. The lowest BCUT2D eigenvalue weighted by atomic mass is 10.0. The Hall–Kier alpha value is -1.77. The predicted octanol–water partition coefficient (Wildman–Crippen LogP) is 3.56. The number of nitrogens with zero attached hydrogens (tertiary/aromatic N) is 1. The quantitative estimate of drug-likeness (QED) is 0.777. The number of hydrogen-bond acceptors (Lipinski definition) is 3. The van der Waals surface area contributed by atoms with E-state index in [0.29, 0.717) is 5.88 Å². The summed E-state index contributed by atoms with van der Waals surface area (Å²) < 4.78 is 5.61. The summed E-state index contributed by atoms with van der Waals surface area (Å²) in [6.07, 6.45) is 12.9. The molecule has 0 unspecified atom stereocenters. The minimum atomic E-state index is 0.700. The topological polar surface area (TPSA) is 34.1 Å². The standard InChI is InChI=1S/C15H20N2O/c1-16-14-9-10-15(17-12-14)18-11-5-8-13-6-3-2-4-7-13/h2-3,6,9-10,12,16H,4-5,7-8,11H2,1H3. The molecular formula is C15H20N2O. The van der Waals surface area contributed by atoms with Gasteiger partial charge in [-0.3, -0.25) is 0 Å². The maximum atomic E-state index is 5.61. The lowest BCUT2D eigenvalue weighted by Crippen LogP contribution is -2.00. The van der Waals surface area contributed by atoms with E-state index in [1.165, 1.54) is 18.4 Å². The highest BCUT2D eigenvalue weighted by molar-refractivity contribution is 5.40. The van der Waals surface area contributed by atoms with Crippen molar-refractivity contribution in [1.82, 2.24) is 4.98 Å². The third-order valence-electron chi connectivity index (χ3n) is 3.02. The van der Waals surface area contributed by atoms with Crippen molar-refractivity contribution in [3.63, 3.8) is 0 Å². The van der Waals surface area contributed by atoms with Crippen LogP contribution < -0.4 is 10.1 Å². The van der Waals surface area contributed by atoms with Crippen LogP contribution in [0.2, 0.25) is 0 Å². The molecule has 0 atom stereocenters. The molecule has 3 nitrogen and oxygen atoms in total. The van der Waals surface area contributed by atoms with Crippen molar-refractivity contribution in [3.05, 3.63) is 42.1 Å². The van der Waals surface area contributed by atoms with E-state index in [1.807, 2.05) is 19.2 Å². The van der Waals surface area contributed by atoms with E-state index in [-0.39, 0.29) is 0 Å². The van der Waals surface area contributed by atoms with E-state index in [0.717, 1.165) is 25.1 Å². The Kier molecular flexibility index (Phi) is 4.82. The van der Waals surface area contributed by atoms with Gasteiger partial charge in [0.15, 0.2) is 0 Å². The average Bonchev–Trinajstić information content (AvgIpc) is 2.45. The molecule has 1 N–H and O–H groups in total. The molecule has 0 aromatic carbocycles. The molecule has 0 amide bonds. The van der Waals surface area contributed by atoms with E-state index in [4.69, 9.17) is 4.74 Å². The Morgan fingerprint density at radius 1 is 1.39 bits per heavy atom. The summed E-state index contributed by atoms with van der Waals surface area (Å²) in [4.78, 5) is 4.22. The third kappa shape index (κ3) is 3.91. The molecule has 0 radical (unpaired) electrons. The maximum Gasteiger partial charge on any atom is 0.213 e. The fraction of sp³-hybridized carbons (Fsp3) is 0.400. The van der Waals surface area contributed by atoms with Crippen molar-refractivity contribution in [1.29, 1.82) is 0 Å². The van der Waals surface area contributed by atoms with Crippen LogP contribution in [-0.2, 0) is 0 Å². The van der Waals surface area contributed by atoms with Gasteiger partial charge < -0.3 is 10.1 Å².